The van der Waals surface area contributed by atoms with E-state index in [1.54, 1.807) is 0 Å². The fourth-order valence-corrected chi connectivity index (χ4v) is 3.07. The molecular formula is C17H21IO7. The van der Waals surface area contributed by atoms with E-state index in [-0.39, 0.29) is 6.61 Å². The third-order valence-corrected chi connectivity index (χ3v) is 4.61. The quantitative estimate of drug-likeness (QED) is 0.492. The Morgan fingerprint density at radius 1 is 1.08 bits per heavy atom. The Kier molecular flexibility index (Phi) is 7.17. The number of hydrogen-bond acceptors (Lipinski definition) is 7. The predicted octanol–water partition coefficient (Wildman–Crippen LogP) is 0.818. The molecule has 8 heteroatoms. The molecule has 5 atom stereocenters. The maximum Gasteiger partial charge on any atom is 0.303 e. The molecule has 0 amide bonds. The first-order valence-corrected chi connectivity index (χ1v) is 8.92. The number of carbonyl (C=O) groups is 2. The molecule has 1 aliphatic heterocycles. The first kappa shape index (κ1) is 20.1. The van der Waals surface area contributed by atoms with Crippen LogP contribution in [-0.4, -0.2) is 59.3 Å². The summed E-state index contributed by atoms with van der Waals surface area (Å²) in [4.78, 5) is 22.3. The Balaban J connectivity index is 2.14. The Bertz CT molecular complexity index is 604. The van der Waals surface area contributed by atoms with Crippen LogP contribution in [0.4, 0.5) is 0 Å². The van der Waals surface area contributed by atoms with Gasteiger partial charge in [-0.05, 0) is 40.3 Å². The van der Waals surface area contributed by atoms with Gasteiger partial charge in [-0.2, -0.15) is 0 Å². The molecule has 2 rings (SSSR count). The van der Waals surface area contributed by atoms with E-state index in [9.17, 15) is 19.8 Å². The van der Waals surface area contributed by atoms with Crippen LogP contribution in [-0.2, 0) is 30.2 Å². The maximum absolute atomic E-state index is 11.3. The highest BCUT2D eigenvalue weighted by atomic mass is 127. The maximum atomic E-state index is 11.3. The van der Waals surface area contributed by atoms with Crippen LogP contribution in [0.3, 0.4) is 0 Å². The molecular weight excluding hydrogens is 443 g/mol. The standard InChI is InChI=1S/C17H21IO7/c1-9(19)23-8-14-17(24-10(2)20)16(22)15(21)13(25-14)7-11-3-5-12(18)6-4-11/h3-6,13-17,21-22H,7-8H2,1-2H3/t13-,14-,15-,16-,17-/m1/s1. The lowest BCUT2D eigenvalue weighted by molar-refractivity contribution is -0.239. The van der Waals surface area contributed by atoms with E-state index in [1.807, 2.05) is 24.3 Å². The molecule has 0 saturated carbocycles. The van der Waals surface area contributed by atoms with Crippen molar-refractivity contribution >= 4 is 34.5 Å². The van der Waals surface area contributed by atoms with Crippen LogP contribution in [0, 0.1) is 3.57 Å². The number of halogens is 1. The minimum absolute atomic E-state index is 0.180. The van der Waals surface area contributed by atoms with E-state index in [4.69, 9.17) is 14.2 Å². The van der Waals surface area contributed by atoms with Gasteiger partial charge < -0.3 is 24.4 Å². The average Bonchev–Trinajstić information content (AvgIpc) is 2.54. The molecule has 0 aromatic heterocycles. The highest BCUT2D eigenvalue weighted by molar-refractivity contribution is 14.1. The van der Waals surface area contributed by atoms with Crippen molar-refractivity contribution < 1.29 is 34.0 Å². The van der Waals surface area contributed by atoms with Gasteiger partial charge in [0.15, 0.2) is 6.10 Å². The van der Waals surface area contributed by atoms with E-state index < -0.39 is 42.5 Å². The van der Waals surface area contributed by atoms with Gasteiger partial charge in [0, 0.05) is 23.8 Å². The van der Waals surface area contributed by atoms with Crippen LogP contribution in [0.2, 0.25) is 0 Å². The van der Waals surface area contributed by atoms with Gasteiger partial charge in [0.25, 0.3) is 0 Å². The highest BCUT2D eigenvalue weighted by Gasteiger charge is 2.46. The second kappa shape index (κ2) is 8.93. The molecule has 1 fully saturated rings. The molecule has 25 heavy (non-hydrogen) atoms. The van der Waals surface area contributed by atoms with Gasteiger partial charge in [-0.25, -0.2) is 0 Å². The smallest absolute Gasteiger partial charge is 0.303 e. The average molecular weight is 464 g/mol. The third kappa shape index (κ3) is 5.63. The van der Waals surface area contributed by atoms with E-state index in [0.29, 0.717) is 6.42 Å². The summed E-state index contributed by atoms with van der Waals surface area (Å²) in [5.74, 6) is -1.14. The van der Waals surface area contributed by atoms with Crippen molar-refractivity contribution in [3.8, 4) is 0 Å². The van der Waals surface area contributed by atoms with Crippen molar-refractivity contribution in [3.05, 3.63) is 33.4 Å². The zero-order valence-electron chi connectivity index (χ0n) is 13.9. The van der Waals surface area contributed by atoms with Gasteiger partial charge in [0.1, 0.15) is 24.9 Å². The second-order valence-corrected chi connectivity index (χ2v) is 7.15. The Morgan fingerprint density at radius 3 is 2.28 bits per heavy atom. The van der Waals surface area contributed by atoms with Crippen LogP contribution in [0.25, 0.3) is 0 Å². The van der Waals surface area contributed by atoms with E-state index in [2.05, 4.69) is 22.6 Å². The summed E-state index contributed by atoms with van der Waals surface area (Å²) in [5.41, 5.74) is 0.925. The minimum Gasteiger partial charge on any atom is -0.463 e. The summed E-state index contributed by atoms with van der Waals surface area (Å²) >= 11 is 2.19. The van der Waals surface area contributed by atoms with Gasteiger partial charge >= 0.3 is 11.9 Å². The number of benzene rings is 1. The first-order chi connectivity index (χ1) is 11.8. The molecule has 7 nitrogen and oxygen atoms in total. The molecule has 0 aliphatic carbocycles. The van der Waals surface area contributed by atoms with Crippen LogP contribution in [0.15, 0.2) is 24.3 Å². The largest absolute Gasteiger partial charge is 0.463 e. The number of aliphatic hydroxyl groups excluding tert-OH is 2. The zero-order chi connectivity index (χ0) is 18.6. The summed E-state index contributed by atoms with van der Waals surface area (Å²) in [6, 6.07) is 7.67. The second-order valence-electron chi connectivity index (χ2n) is 5.90. The lowest BCUT2D eigenvalue weighted by Crippen LogP contribution is -2.60. The summed E-state index contributed by atoms with van der Waals surface area (Å²) in [6.07, 6.45) is -4.91. The molecule has 138 valence electrons. The van der Waals surface area contributed by atoms with Crippen molar-refractivity contribution in [3.63, 3.8) is 0 Å². The minimum atomic E-state index is -1.34. The fourth-order valence-electron chi connectivity index (χ4n) is 2.71. The normalized spacial score (nSPS) is 29.1. The fraction of sp³-hybridized carbons (Fsp3) is 0.529. The number of ether oxygens (including phenoxy) is 3. The lowest BCUT2D eigenvalue weighted by atomic mass is 9.91. The van der Waals surface area contributed by atoms with E-state index >= 15 is 0 Å². The number of esters is 2. The monoisotopic (exact) mass is 464 g/mol. The van der Waals surface area contributed by atoms with Crippen molar-refractivity contribution in [2.45, 2.75) is 50.8 Å². The molecule has 1 aromatic rings. The van der Waals surface area contributed by atoms with Crippen LogP contribution in [0.5, 0.6) is 0 Å². The number of rotatable bonds is 5. The molecule has 2 N–H and O–H groups in total. The molecule has 0 unspecified atom stereocenters. The zero-order valence-corrected chi connectivity index (χ0v) is 16.1. The first-order valence-electron chi connectivity index (χ1n) is 7.84. The summed E-state index contributed by atoms with van der Waals surface area (Å²) in [5, 5.41) is 20.7. The Morgan fingerprint density at radius 2 is 1.72 bits per heavy atom. The predicted molar refractivity (Wildman–Crippen MR) is 95.7 cm³/mol. The number of carbonyl (C=O) groups excluding carboxylic acids is 2. The van der Waals surface area contributed by atoms with Crippen LogP contribution in [0.1, 0.15) is 19.4 Å². The molecule has 0 spiro atoms. The Labute approximate surface area is 159 Å². The molecule has 1 aliphatic rings. The highest BCUT2D eigenvalue weighted by Crippen LogP contribution is 2.26. The number of aliphatic hydroxyl groups is 2. The van der Waals surface area contributed by atoms with E-state index in [0.717, 1.165) is 9.13 Å². The van der Waals surface area contributed by atoms with Crippen molar-refractivity contribution in [1.82, 2.24) is 0 Å². The summed E-state index contributed by atoms with van der Waals surface area (Å²) < 4.78 is 16.9. The SMILES string of the molecule is CC(=O)OC[C@H]1O[C@H](Cc2ccc(I)cc2)[C@@H](O)[C@@H](O)[C@@H]1OC(C)=O. The summed E-state index contributed by atoms with van der Waals surface area (Å²) in [7, 11) is 0. The van der Waals surface area contributed by atoms with Gasteiger partial charge in [0.2, 0.25) is 0 Å². The van der Waals surface area contributed by atoms with Crippen LogP contribution >= 0.6 is 22.6 Å². The third-order valence-electron chi connectivity index (χ3n) is 3.89. The molecule has 0 radical (unpaired) electrons. The van der Waals surface area contributed by atoms with E-state index in [1.165, 1.54) is 13.8 Å². The van der Waals surface area contributed by atoms with Crippen molar-refractivity contribution in [2.75, 3.05) is 6.61 Å². The topological polar surface area (TPSA) is 102 Å². The Hall–Kier alpha value is -1.23. The van der Waals surface area contributed by atoms with Gasteiger partial charge in [-0.15, -0.1) is 0 Å². The van der Waals surface area contributed by atoms with Gasteiger partial charge in [-0.1, -0.05) is 12.1 Å². The number of hydrogen-bond donors (Lipinski definition) is 2. The summed E-state index contributed by atoms with van der Waals surface area (Å²) in [6.45, 7) is 2.26. The molecule has 1 heterocycles. The van der Waals surface area contributed by atoms with Gasteiger partial charge in [-0.3, -0.25) is 9.59 Å². The van der Waals surface area contributed by atoms with Gasteiger partial charge in [0.05, 0.1) is 6.10 Å². The van der Waals surface area contributed by atoms with Crippen molar-refractivity contribution in [2.24, 2.45) is 0 Å². The van der Waals surface area contributed by atoms with Crippen LogP contribution < -0.4 is 0 Å². The van der Waals surface area contributed by atoms with Crippen molar-refractivity contribution in [1.29, 1.82) is 0 Å². The molecule has 1 saturated heterocycles. The molecule has 1 aromatic carbocycles. The molecule has 0 bridgehead atoms. The lowest BCUT2D eigenvalue weighted by Gasteiger charge is -2.42.